The number of aryl methyl sites for hydroxylation is 2. The van der Waals surface area contributed by atoms with Gasteiger partial charge in [-0.05, 0) is 26.6 Å². The number of hydrogen-bond acceptors (Lipinski definition) is 3. The van der Waals surface area contributed by atoms with Gasteiger partial charge < -0.3 is 9.88 Å². The Morgan fingerprint density at radius 2 is 2.00 bits per heavy atom. The van der Waals surface area contributed by atoms with Crippen LogP contribution in [0.25, 0.3) is 0 Å². The smallest absolute Gasteiger partial charge is 0.242 e. The fraction of sp³-hybridized carbons (Fsp3) is 0.444. The van der Waals surface area contributed by atoms with Crippen LogP contribution in [0.15, 0.2) is 36.7 Å². The van der Waals surface area contributed by atoms with E-state index in [1.165, 1.54) is 5.56 Å². The van der Waals surface area contributed by atoms with E-state index in [1.807, 2.05) is 56.4 Å². The van der Waals surface area contributed by atoms with Crippen LogP contribution in [0, 0.1) is 6.92 Å². The van der Waals surface area contributed by atoms with Crippen molar-refractivity contribution in [2.24, 2.45) is 0 Å². The van der Waals surface area contributed by atoms with Crippen molar-refractivity contribution < 1.29 is 4.79 Å². The highest BCUT2D eigenvalue weighted by Crippen LogP contribution is 2.18. The van der Waals surface area contributed by atoms with Crippen molar-refractivity contribution >= 4 is 5.91 Å². The largest absolute Gasteiger partial charge is 0.353 e. The van der Waals surface area contributed by atoms with E-state index in [4.69, 9.17) is 0 Å². The summed E-state index contributed by atoms with van der Waals surface area (Å²) in [6, 6.07) is 7.84. The molecule has 1 heterocycles. The molecule has 1 N–H and O–H groups in total. The first-order chi connectivity index (χ1) is 11.0. The quantitative estimate of drug-likeness (QED) is 0.852. The van der Waals surface area contributed by atoms with E-state index in [1.54, 1.807) is 6.20 Å². The second kappa shape index (κ2) is 7.92. The van der Waals surface area contributed by atoms with E-state index in [9.17, 15) is 4.79 Å². The predicted molar refractivity (Wildman–Crippen MR) is 92.2 cm³/mol. The molecule has 1 aromatic carbocycles. The summed E-state index contributed by atoms with van der Waals surface area (Å²) < 4.78 is 2.08. The van der Waals surface area contributed by atoms with Crippen molar-refractivity contribution in [3.05, 3.63) is 53.6 Å². The van der Waals surface area contributed by atoms with E-state index in [-0.39, 0.29) is 11.9 Å². The van der Waals surface area contributed by atoms with Crippen molar-refractivity contribution in [1.29, 1.82) is 0 Å². The van der Waals surface area contributed by atoms with Crippen LogP contribution in [0.4, 0.5) is 0 Å². The zero-order valence-electron chi connectivity index (χ0n) is 14.4. The molecule has 0 saturated heterocycles. The molecule has 0 aliphatic rings. The lowest BCUT2D eigenvalue weighted by Crippen LogP contribution is -2.38. The molecule has 1 aromatic heterocycles. The number of nitrogens with zero attached hydrogens (tertiary/aromatic N) is 3. The third-order valence-electron chi connectivity index (χ3n) is 3.93. The molecule has 0 aliphatic heterocycles. The van der Waals surface area contributed by atoms with Crippen LogP contribution < -0.4 is 5.32 Å². The van der Waals surface area contributed by atoms with Crippen LogP contribution in [0.3, 0.4) is 0 Å². The lowest BCUT2D eigenvalue weighted by molar-refractivity contribution is -0.125. The molecule has 0 radical (unpaired) electrons. The molecule has 5 nitrogen and oxygen atoms in total. The van der Waals surface area contributed by atoms with Crippen LogP contribution in [-0.4, -0.2) is 41.0 Å². The minimum Gasteiger partial charge on any atom is -0.353 e. The maximum Gasteiger partial charge on any atom is 0.242 e. The summed E-state index contributed by atoms with van der Waals surface area (Å²) in [6.45, 7) is 5.46. The lowest BCUT2D eigenvalue weighted by atomic mass is 10.0. The SMILES string of the molecule is CCc1nccn1CCNC(=O)C(c1ccc(C)cc1)N(C)C. The van der Waals surface area contributed by atoms with Gasteiger partial charge in [0, 0.05) is 31.9 Å². The summed E-state index contributed by atoms with van der Waals surface area (Å²) in [7, 11) is 3.85. The molecule has 5 heteroatoms. The Morgan fingerprint density at radius 1 is 1.30 bits per heavy atom. The number of carbonyl (C=O) groups is 1. The molecule has 124 valence electrons. The second-order valence-corrected chi connectivity index (χ2v) is 5.96. The molecule has 1 unspecified atom stereocenters. The molecule has 2 aromatic rings. The van der Waals surface area contributed by atoms with Crippen molar-refractivity contribution in [3.63, 3.8) is 0 Å². The predicted octanol–water partition coefficient (Wildman–Crippen LogP) is 2.17. The van der Waals surface area contributed by atoms with Crippen LogP contribution in [0.5, 0.6) is 0 Å². The summed E-state index contributed by atoms with van der Waals surface area (Å²) in [5.41, 5.74) is 2.20. The maximum absolute atomic E-state index is 12.6. The summed E-state index contributed by atoms with van der Waals surface area (Å²) in [5, 5.41) is 3.04. The molecule has 0 saturated carbocycles. The lowest BCUT2D eigenvalue weighted by Gasteiger charge is -2.24. The Morgan fingerprint density at radius 3 is 2.61 bits per heavy atom. The average molecular weight is 314 g/mol. The standard InChI is InChI=1S/C18H26N4O/c1-5-16-19-10-12-22(16)13-11-20-18(23)17(21(3)4)15-8-6-14(2)7-9-15/h6-10,12,17H,5,11,13H2,1-4H3,(H,20,23). The van der Waals surface area contributed by atoms with Crippen LogP contribution in [0.2, 0.25) is 0 Å². The normalized spacial score (nSPS) is 12.4. The number of benzene rings is 1. The summed E-state index contributed by atoms with van der Waals surface area (Å²) >= 11 is 0. The highest BCUT2D eigenvalue weighted by Gasteiger charge is 2.22. The second-order valence-electron chi connectivity index (χ2n) is 5.96. The highest BCUT2D eigenvalue weighted by atomic mass is 16.2. The van der Waals surface area contributed by atoms with Crippen LogP contribution >= 0.6 is 0 Å². The van der Waals surface area contributed by atoms with E-state index in [0.29, 0.717) is 6.54 Å². The molecular formula is C18H26N4O. The molecule has 1 amide bonds. The zero-order chi connectivity index (χ0) is 16.8. The van der Waals surface area contributed by atoms with E-state index in [2.05, 4.69) is 21.8 Å². The van der Waals surface area contributed by atoms with Gasteiger partial charge in [-0.2, -0.15) is 0 Å². The first kappa shape index (κ1) is 17.2. The Balaban J connectivity index is 1.97. The number of likely N-dealkylation sites (N-methyl/N-ethyl adjacent to an activating group) is 1. The Kier molecular flexibility index (Phi) is 5.93. The van der Waals surface area contributed by atoms with Gasteiger partial charge in [-0.1, -0.05) is 36.8 Å². The first-order valence-electron chi connectivity index (χ1n) is 8.03. The number of imidazole rings is 1. The Hall–Kier alpha value is -2.14. The molecule has 0 bridgehead atoms. The molecule has 2 rings (SSSR count). The van der Waals surface area contributed by atoms with Gasteiger partial charge in [0.2, 0.25) is 5.91 Å². The average Bonchev–Trinajstić information content (AvgIpc) is 2.96. The monoisotopic (exact) mass is 314 g/mol. The fourth-order valence-corrected chi connectivity index (χ4v) is 2.69. The van der Waals surface area contributed by atoms with Crippen molar-refractivity contribution in [3.8, 4) is 0 Å². The Labute approximate surface area is 138 Å². The number of carbonyl (C=O) groups excluding carboxylic acids is 1. The van der Waals surface area contributed by atoms with E-state index in [0.717, 1.165) is 24.4 Å². The van der Waals surface area contributed by atoms with Gasteiger partial charge >= 0.3 is 0 Å². The third-order valence-corrected chi connectivity index (χ3v) is 3.93. The van der Waals surface area contributed by atoms with Crippen molar-refractivity contribution in [2.75, 3.05) is 20.6 Å². The minimum atomic E-state index is -0.274. The number of hydrogen-bond donors (Lipinski definition) is 1. The van der Waals surface area contributed by atoms with Gasteiger partial charge in [-0.25, -0.2) is 4.98 Å². The molecular weight excluding hydrogens is 288 g/mol. The Bertz CT molecular complexity index is 631. The summed E-state index contributed by atoms with van der Waals surface area (Å²) in [5.74, 6) is 1.07. The van der Waals surface area contributed by atoms with Crippen LogP contribution in [0.1, 0.15) is 29.9 Å². The number of nitrogens with one attached hydrogen (secondary N) is 1. The minimum absolute atomic E-state index is 0.0250. The van der Waals surface area contributed by atoms with E-state index >= 15 is 0 Å². The van der Waals surface area contributed by atoms with Gasteiger partial charge in [-0.3, -0.25) is 9.69 Å². The summed E-state index contributed by atoms with van der Waals surface area (Å²) in [6.07, 6.45) is 4.65. The topological polar surface area (TPSA) is 50.2 Å². The molecule has 0 fully saturated rings. The number of amides is 1. The fourth-order valence-electron chi connectivity index (χ4n) is 2.69. The van der Waals surface area contributed by atoms with Gasteiger partial charge in [-0.15, -0.1) is 0 Å². The zero-order valence-corrected chi connectivity index (χ0v) is 14.4. The number of rotatable bonds is 7. The highest BCUT2D eigenvalue weighted by molar-refractivity contribution is 5.83. The van der Waals surface area contributed by atoms with Crippen molar-refractivity contribution in [2.45, 2.75) is 32.9 Å². The van der Waals surface area contributed by atoms with Gasteiger partial charge in [0.05, 0.1) is 0 Å². The van der Waals surface area contributed by atoms with E-state index < -0.39 is 0 Å². The first-order valence-corrected chi connectivity index (χ1v) is 8.03. The molecule has 0 spiro atoms. The maximum atomic E-state index is 12.6. The molecule has 0 aliphatic carbocycles. The molecule has 1 atom stereocenters. The van der Waals surface area contributed by atoms with Gasteiger partial charge in [0.1, 0.15) is 11.9 Å². The summed E-state index contributed by atoms with van der Waals surface area (Å²) in [4.78, 5) is 18.8. The van der Waals surface area contributed by atoms with Gasteiger partial charge in [0.25, 0.3) is 0 Å². The number of aromatic nitrogens is 2. The third kappa shape index (κ3) is 4.42. The molecule has 23 heavy (non-hydrogen) atoms. The van der Waals surface area contributed by atoms with Gasteiger partial charge in [0.15, 0.2) is 0 Å². The van der Waals surface area contributed by atoms with Crippen molar-refractivity contribution in [1.82, 2.24) is 19.8 Å². The van der Waals surface area contributed by atoms with Crippen LogP contribution in [-0.2, 0) is 17.8 Å².